The van der Waals surface area contributed by atoms with Gasteiger partial charge in [-0.2, -0.15) is 0 Å². The van der Waals surface area contributed by atoms with E-state index < -0.39 is 0 Å². The summed E-state index contributed by atoms with van der Waals surface area (Å²) < 4.78 is 5.27. The lowest BCUT2D eigenvalue weighted by atomic mass is 10.00. The van der Waals surface area contributed by atoms with Crippen LogP contribution in [-0.4, -0.2) is 29.4 Å². The van der Waals surface area contributed by atoms with Crippen LogP contribution in [0, 0.1) is 19.8 Å². The molecule has 2 atom stereocenters. The number of nitrogens with zero attached hydrogens (tertiary/aromatic N) is 1. The number of hydrogen-bond donors (Lipinski definition) is 1. The topological polar surface area (TPSA) is 42.4 Å². The van der Waals surface area contributed by atoms with Gasteiger partial charge in [-0.05, 0) is 20.3 Å². The van der Waals surface area contributed by atoms with E-state index in [9.17, 15) is 5.11 Å². The molecule has 1 aromatic rings. The van der Waals surface area contributed by atoms with Crippen LogP contribution in [0.25, 0.3) is 0 Å². The quantitative estimate of drug-likeness (QED) is 0.854. The average molecular weight is 227 g/mol. The Labute approximate surface area is 94.1 Å². The van der Waals surface area contributed by atoms with Gasteiger partial charge in [0.05, 0.1) is 23.4 Å². The van der Waals surface area contributed by atoms with Gasteiger partial charge in [0.25, 0.3) is 0 Å². The maximum Gasteiger partial charge on any atom is 0.0956 e. The number of aliphatic hydroxyl groups excluding tert-OH is 1. The molecule has 0 amide bonds. The zero-order valence-corrected chi connectivity index (χ0v) is 10.0. The molecule has 1 aliphatic rings. The van der Waals surface area contributed by atoms with Gasteiger partial charge >= 0.3 is 0 Å². The summed E-state index contributed by atoms with van der Waals surface area (Å²) in [5.41, 5.74) is 1.09. The second-order valence-corrected chi connectivity index (χ2v) is 5.43. The molecule has 15 heavy (non-hydrogen) atoms. The summed E-state index contributed by atoms with van der Waals surface area (Å²) >= 11 is 1.69. The van der Waals surface area contributed by atoms with Crippen molar-refractivity contribution in [2.24, 2.45) is 5.92 Å². The Morgan fingerprint density at radius 3 is 2.93 bits per heavy atom. The Balaban J connectivity index is 1.95. The standard InChI is InChI=1S/C11H17NO2S/c1-7-8(2)15-11(12-7)5-10(13)9-3-4-14-6-9/h9-10,13H,3-6H2,1-2H3. The van der Waals surface area contributed by atoms with Gasteiger partial charge in [0.15, 0.2) is 0 Å². The number of aromatic nitrogens is 1. The molecule has 0 bridgehead atoms. The van der Waals surface area contributed by atoms with E-state index in [0.29, 0.717) is 18.9 Å². The summed E-state index contributed by atoms with van der Waals surface area (Å²) in [6.07, 6.45) is 1.36. The SMILES string of the molecule is Cc1nc(CC(O)C2CCOC2)sc1C. The largest absolute Gasteiger partial charge is 0.392 e. The molecule has 0 aliphatic carbocycles. The van der Waals surface area contributed by atoms with Crippen molar-refractivity contribution in [3.63, 3.8) is 0 Å². The lowest BCUT2D eigenvalue weighted by Crippen LogP contribution is -2.22. The molecule has 1 saturated heterocycles. The summed E-state index contributed by atoms with van der Waals surface area (Å²) in [7, 11) is 0. The van der Waals surface area contributed by atoms with Gasteiger partial charge in [-0.3, -0.25) is 0 Å². The molecule has 0 spiro atoms. The van der Waals surface area contributed by atoms with Gasteiger partial charge in [-0.15, -0.1) is 11.3 Å². The van der Waals surface area contributed by atoms with Gasteiger partial charge in [0.1, 0.15) is 0 Å². The minimum absolute atomic E-state index is 0.294. The zero-order chi connectivity index (χ0) is 10.8. The van der Waals surface area contributed by atoms with Crippen LogP contribution in [0.3, 0.4) is 0 Å². The molecule has 84 valence electrons. The van der Waals surface area contributed by atoms with Gasteiger partial charge < -0.3 is 9.84 Å². The third-order valence-electron chi connectivity index (χ3n) is 2.97. The average Bonchev–Trinajstić information content (AvgIpc) is 2.77. The first-order chi connectivity index (χ1) is 7.16. The number of hydrogen-bond acceptors (Lipinski definition) is 4. The molecule has 1 N–H and O–H groups in total. The fourth-order valence-corrected chi connectivity index (χ4v) is 2.81. The molecule has 1 aliphatic heterocycles. The Hall–Kier alpha value is -0.450. The molecular weight excluding hydrogens is 210 g/mol. The van der Waals surface area contributed by atoms with Crippen molar-refractivity contribution in [1.82, 2.24) is 4.98 Å². The van der Waals surface area contributed by atoms with E-state index in [-0.39, 0.29) is 6.10 Å². The molecule has 0 aromatic carbocycles. The van der Waals surface area contributed by atoms with Crippen molar-refractivity contribution >= 4 is 11.3 Å². The Bertz CT molecular complexity index is 312. The predicted octanol–water partition coefficient (Wildman–Crippen LogP) is 1.70. The third kappa shape index (κ3) is 2.56. The molecule has 3 nitrogen and oxygen atoms in total. The molecule has 0 saturated carbocycles. The molecule has 1 aromatic heterocycles. The van der Waals surface area contributed by atoms with E-state index >= 15 is 0 Å². The Morgan fingerprint density at radius 2 is 2.40 bits per heavy atom. The zero-order valence-electron chi connectivity index (χ0n) is 9.19. The van der Waals surface area contributed by atoms with E-state index in [4.69, 9.17) is 4.74 Å². The van der Waals surface area contributed by atoms with Crippen LogP contribution in [0.1, 0.15) is 22.0 Å². The highest BCUT2D eigenvalue weighted by atomic mass is 32.1. The second kappa shape index (κ2) is 4.60. The number of rotatable bonds is 3. The van der Waals surface area contributed by atoms with Crippen LogP contribution in [-0.2, 0) is 11.2 Å². The lowest BCUT2D eigenvalue weighted by Gasteiger charge is -2.14. The summed E-state index contributed by atoms with van der Waals surface area (Å²) in [5.74, 6) is 0.300. The van der Waals surface area contributed by atoms with Crippen LogP contribution in [0.4, 0.5) is 0 Å². The molecule has 4 heteroatoms. The van der Waals surface area contributed by atoms with Gasteiger partial charge in [-0.25, -0.2) is 4.98 Å². The number of aliphatic hydroxyl groups is 1. The van der Waals surface area contributed by atoms with E-state index in [1.165, 1.54) is 4.88 Å². The van der Waals surface area contributed by atoms with E-state index in [2.05, 4.69) is 11.9 Å². The molecule has 0 radical (unpaired) electrons. The molecular formula is C11H17NO2S. The third-order valence-corrected chi connectivity index (χ3v) is 4.06. The van der Waals surface area contributed by atoms with Crippen LogP contribution < -0.4 is 0 Å². The van der Waals surface area contributed by atoms with Crippen molar-refractivity contribution in [3.8, 4) is 0 Å². The lowest BCUT2D eigenvalue weighted by molar-refractivity contribution is 0.0918. The van der Waals surface area contributed by atoms with Crippen LogP contribution in [0.2, 0.25) is 0 Å². The minimum atomic E-state index is -0.294. The van der Waals surface area contributed by atoms with E-state index in [1.807, 2.05) is 6.92 Å². The first kappa shape index (κ1) is 11.0. The summed E-state index contributed by atoms with van der Waals surface area (Å²) in [6.45, 7) is 5.57. The van der Waals surface area contributed by atoms with Crippen LogP contribution in [0.15, 0.2) is 0 Å². The predicted molar refractivity (Wildman–Crippen MR) is 60.2 cm³/mol. The van der Waals surface area contributed by atoms with E-state index in [1.54, 1.807) is 11.3 Å². The van der Waals surface area contributed by atoms with Crippen molar-refractivity contribution in [2.45, 2.75) is 32.8 Å². The van der Waals surface area contributed by atoms with Crippen LogP contribution >= 0.6 is 11.3 Å². The summed E-state index contributed by atoms with van der Waals surface area (Å²) in [4.78, 5) is 5.69. The first-order valence-electron chi connectivity index (χ1n) is 5.35. The summed E-state index contributed by atoms with van der Waals surface area (Å²) in [6, 6.07) is 0. The van der Waals surface area contributed by atoms with Gasteiger partial charge in [0.2, 0.25) is 0 Å². The monoisotopic (exact) mass is 227 g/mol. The fourth-order valence-electron chi connectivity index (χ4n) is 1.83. The fraction of sp³-hybridized carbons (Fsp3) is 0.727. The Morgan fingerprint density at radius 1 is 1.60 bits per heavy atom. The van der Waals surface area contributed by atoms with Crippen LogP contribution in [0.5, 0.6) is 0 Å². The highest BCUT2D eigenvalue weighted by Gasteiger charge is 2.25. The minimum Gasteiger partial charge on any atom is -0.392 e. The smallest absolute Gasteiger partial charge is 0.0956 e. The maximum absolute atomic E-state index is 9.99. The molecule has 2 unspecified atom stereocenters. The van der Waals surface area contributed by atoms with Crippen molar-refractivity contribution < 1.29 is 9.84 Å². The van der Waals surface area contributed by atoms with Crippen molar-refractivity contribution in [1.29, 1.82) is 0 Å². The molecule has 2 rings (SSSR count). The highest BCUT2D eigenvalue weighted by Crippen LogP contribution is 2.23. The first-order valence-corrected chi connectivity index (χ1v) is 6.17. The van der Waals surface area contributed by atoms with Gasteiger partial charge in [0, 0.05) is 23.8 Å². The summed E-state index contributed by atoms with van der Waals surface area (Å²) in [5, 5.41) is 11.0. The normalized spacial score (nSPS) is 23.3. The van der Waals surface area contributed by atoms with Crippen molar-refractivity contribution in [2.75, 3.05) is 13.2 Å². The number of thiazole rings is 1. The van der Waals surface area contributed by atoms with Gasteiger partial charge in [-0.1, -0.05) is 0 Å². The van der Waals surface area contributed by atoms with E-state index in [0.717, 1.165) is 23.7 Å². The maximum atomic E-state index is 9.99. The second-order valence-electron chi connectivity index (χ2n) is 4.14. The van der Waals surface area contributed by atoms with Crippen molar-refractivity contribution in [3.05, 3.63) is 15.6 Å². The number of ether oxygens (including phenoxy) is 1. The molecule has 2 heterocycles. The molecule has 1 fully saturated rings. The highest BCUT2D eigenvalue weighted by molar-refractivity contribution is 7.11. The number of aryl methyl sites for hydroxylation is 2. The Kier molecular flexibility index (Phi) is 3.38.